The first kappa shape index (κ1) is 13.2. The number of nitrogens with zero attached hydrogens (tertiary/aromatic N) is 1. The smallest absolute Gasteiger partial charge is 0.0547 e. The Labute approximate surface area is 110 Å². The van der Waals surface area contributed by atoms with Crippen molar-refractivity contribution in [3.63, 3.8) is 0 Å². The van der Waals surface area contributed by atoms with E-state index in [1.807, 2.05) is 12.4 Å². The summed E-state index contributed by atoms with van der Waals surface area (Å²) in [6.45, 7) is 8.89. The zero-order valence-electron chi connectivity index (χ0n) is 11.8. The van der Waals surface area contributed by atoms with Crippen molar-refractivity contribution in [2.24, 2.45) is 11.3 Å². The minimum Gasteiger partial charge on any atom is -0.384 e. The fourth-order valence-electron chi connectivity index (χ4n) is 2.30. The van der Waals surface area contributed by atoms with Gasteiger partial charge in [-0.25, -0.2) is 0 Å². The molecule has 3 heteroatoms. The van der Waals surface area contributed by atoms with Gasteiger partial charge in [0, 0.05) is 13.1 Å². The van der Waals surface area contributed by atoms with Gasteiger partial charge in [0.25, 0.3) is 0 Å². The highest BCUT2D eigenvalue weighted by atomic mass is 14.9. The molecule has 1 aliphatic rings. The Morgan fingerprint density at radius 2 is 1.89 bits per heavy atom. The molecular formula is C15H25N3. The summed E-state index contributed by atoms with van der Waals surface area (Å²) < 4.78 is 0. The number of rotatable bonds is 7. The van der Waals surface area contributed by atoms with Gasteiger partial charge < -0.3 is 10.6 Å². The van der Waals surface area contributed by atoms with E-state index >= 15 is 0 Å². The highest BCUT2D eigenvalue weighted by Gasteiger charge is 2.44. The quantitative estimate of drug-likeness (QED) is 0.770. The van der Waals surface area contributed by atoms with Gasteiger partial charge in [0.1, 0.15) is 0 Å². The zero-order chi connectivity index (χ0) is 13.0. The van der Waals surface area contributed by atoms with Crippen LogP contribution in [0.4, 0.5) is 11.4 Å². The molecule has 3 nitrogen and oxygen atoms in total. The van der Waals surface area contributed by atoms with Crippen molar-refractivity contribution >= 4 is 11.4 Å². The van der Waals surface area contributed by atoms with Crippen LogP contribution in [-0.4, -0.2) is 18.1 Å². The minimum atomic E-state index is 0.535. The molecule has 1 fully saturated rings. The first-order valence-corrected chi connectivity index (χ1v) is 7.09. The van der Waals surface area contributed by atoms with Crippen LogP contribution in [0.3, 0.4) is 0 Å². The van der Waals surface area contributed by atoms with Gasteiger partial charge >= 0.3 is 0 Å². The Hall–Kier alpha value is -1.25. The second-order valence-electron chi connectivity index (χ2n) is 5.76. The highest BCUT2D eigenvalue weighted by Crippen LogP contribution is 2.51. The fourth-order valence-corrected chi connectivity index (χ4v) is 2.30. The van der Waals surface area contributed by atoms with Gasteiger partial charge in [-0.3, -0.25) is 4.98 Å². The van der Waals surface area contributed by atoms with Crippen LogP contribution in [0.5, 0.6) is 0 Å². The molecule has 0 radical (unpaired) electrons. The van der Waals surface area contributed by atoms with Crippen LogP contribution in [-0.2, 0) is 0 Å². The van der Waals surface area contributed by atoms with Crippen LogP contribution in [0.2, 0.25) is 0 Å². The van der Waals surface area contributed by atoms with Gasteiger partial charge in [-0.2, -0.15) is 0 Å². The molecule has 0 saturated heterocycles. The molecule has 0 bridgehead atoms. The lowest BCUT2D eigenvalue weighted by Crippen LogP contribution is -2.20. The maximum absolute atomic E-state index is 4.28. The summed E-state index contributed by atoms with van der Waals surface area (Å²) in [5.74, 6) is 0.763. The predicted molar refractivity (Wildman–Crippen MR) is 78.0 cm³/mol. The summed E-state index contributed by atoms with van der Waals surface area (Å²) in [5, 5.41) is 6.91. The van der Waals surface area contributed by atoms with Gasteiger partial charge in [-0.05, 0) is 36.7 Å². The number of hydrogen-bond donors (Lipinski definition) is 2. The molecule has 0 atom stereocenters. The second kappa shape index (κ2) is 5.59. The average Bonchev–Trinajstić information content (AvgIpc) is 3.16. The van der Waals surface area contributed by atoms with E-state index in [9.17, 15) is 0 Å². The third-order valence-corrected chi connectivity index (χ3v) is 4.08. The summed E-state index contributed by atoms with van der Waals surface area (Å²) in [5.41, 5.74) is 2.77. The molecule has 18 heavy (non-hydrogen) atoms. The molecule has 1 saturated carbocycles. The molecular weight excluding hydrogens is 222 g/mol. The van der Waals surface area contributed by atoms with Crippen LogP contribution in [0, 0.1) is 11.3 Å². The van der Waals surface area contributed by atoms with Crippen molar-refractivity contribution in [2.75, 3.05) is 23.7 Å². The number of hydrogen-bond acceptors (Lipinski definition) is 3. The van der Waals surface area contributed by atoms with E-state index in [0.29, 0.717) is 5.41 Å². The first-order chi connectivity index (χ1) is 8.66. The molecule has 0 aliphatic heterocycles. The van der Waals surface area contributed by atoms with Gasteiger partial charge in [0.05, 0.1) is 23.8 Å². The van der Waals surface area contributed by atoms with Crippen molar-refractivity contribution in [2.45, 2.75) is 40.0 Å². The van der Waals surface area contributed by atoms with Gasteiger partial charge in [-0.15, -0.1) is 0 Å². The molecule has 0 aromatic carbocycles. The third-order valence-electron chi connectivity index (χ3n) is 4.08. The predicted octanol–water partition coefficient (Wildman–Crippen LogP) is 3.75. The van der Waals surface area contributed by atoms with Crippen molar-refractivity contribution in [1.29, 1.82) is 0 Å². The van der Waals surface area contributed by atoms with Crippen molar-refractivity contribution < 1.29 is 0 Å². The summed E-state index contributed by atoms with van der Waals surface area (Å²) in [6.07, 6.45) is 7.65. The zero-order valence-corrected chi connectivity index (χ0v) is 11.8. The monoisotopic (exact) mass is 247 g/mol. The molecule has 2 N–H and O–H groups in total. The van der Waals surface area contributed by atoms with Gasteiger partial charge in [0.2, 0.25) is 0 Å². The summed E-state index contributed by atoms with van der Waals surface area (Å²) >= 11 is 0. The molecule has 0 amide bonds. The number of pyridine rings is 1. The normalized spacial score (nSPS) is 16.7. The number of anilines is 2. The standard InChI is InChI=1S/C15H25N3/c1-4-7-17-13-8-14(10-16-9-13)18-11-15(5-6-15)12(2)3/h8-10,12,17-18H,4-7,11H2,1-3H3. The Balaban J connectivity index is 1.89. The molecule has 2 rings (SSSR count). The van der Waals surface area contributed by atoms with E-state index in [2.05, 4.69) is 42.5 Å². The lowest BCUT2D eigenvalue weighted by molar-refractivity contribution is 0.380. The van der Waals surface area contributed by atoms with Gasteiger partial charge in [-0.1, -0.05) is 20.8 Å². The molecule has 1 aromatic rings. The Morgan fingerprint density at radius 1 is 1.22 bits per heavy atom. The lowest BCUT2D eigenvalue weighted by Gasteiger charge is -2.20. The third kappa shape index (κ3) is 3.15. The average molecular weight is 247 g/mol. The molecule has 1 aromatic heterocycles. The Kier molecular flexibility index (Phi) is 4.10. The maximum atomic E-state index is 4.28. The molecule has 0 unspecified atom stereocenters. The van der Waals surface area contributed by atoms with E-state index in [1.54, 1.807) is 0 Å². The van der Waals surface area contributed by atoms with Crippen LogP contribution in [0.1, 0.15) is 40.0 Å². The molecule has 1 aliphatic carbocycles. The lowest BCUT2D eigenvalue weighted by atomic mass is 9.92. The van der Waals surface area contributed by atoms with E-state index in [0.717, 1.165) is 36.8 Å². The Morgan fingerprint density at radius 3 is 2.44 bits per heavy atom. The van der Waals surface area contributed by atoms with Crippen LogP contribution < -0.4 is 10.6 Å². The molecule has 1 heterocycles. The van der Waals surface area contributed by atoms with Crippen molar-refractivity contribution in [3.05, 3.63) is 18.5 Å². The Bertz CT molecular complexity index is 383. The maximum Gasteiger partial charge on any atom is 0.0547 e. The summed E-state index contributed by atoms with van der Waals surface area (Å²) in [6, 6.07) is 2.15. The van der Waals surface area contributed by atoms with E-state index in [4.69, 9.17) is 0 Å². The number of nitrogens with one attached hydrogen (secondary N) is 2. The largest absolute Gasteiger partial charge is 0.384 e. The first-order valence-electron chi connectivity index (χ1n) is 7.09. The van der Waals surface area contributed by atoms with E-state index in [1.165, 1.54) is 12.8 Å². The van der Waals surface area contributed by atoms with Crippen LogP contribution in [0.25, 0.3) is 0 Å². The van der Waals surface area contributed by atoms with Gasteiger partial charge in [0.15, 0.2) is 0 Å². The summed E-state index contributed by atoms with van der Waals surface area (Å²) in [7, 11) is 0. The second-order valence-corrected chi connectivity index (χ2v) is 5.76. The SMILES string of the molecule is CCCNc1cncc(NCC2(C(C)C)CC2)c1. The number of aromatic nitrogens is 1. The minimum absolute atomic E-state index is 0.535. The van der Waals surface area contributed by atoms with Crippen LogP contribution in [0.15, 0.2) is 18.5 Å². The molecule has 100 valence electrons. The van der Waals surface area contributed by atoms with E-state index < -0.39 is 0 Å². The topological polar surface area (TPSA) is 37.0 Å². The van der Waals surface area contributed by atoms with Crippen molar-refractivity contribution in [3.8, 4) is 0 Å². The fraction of sp³-hybridized carbons (Fsp3) is 0.667. The van der Waals surface area contributed by atoms with E-state index in [-0.39, 0.29) is 0 Å². The molecule has 0 spiro atoms. The highest BCUT2D eigenvalue weighted by molar-refractivity contribution is 5.54. The van der Waals surface area contributed by atoms with Crippen molar-refractivity contribution in [1.82, 2.24) is 4.98 Å². The van der Waals surface area contributed by atoms with Crippen LogP contribution >= 0.6 is 0 Å². The summed E-state index contributed by atoms with van der Waals surface area (Å²) in [4.78, 5) is 4.28.